The molecule has 1 aromatic heterocycles. The van der Waals surface area contributed by atoms with Crippen molar-refractivity contribution in [3.05, 3.63) is 99.4 Å². The van der Waals surface area contributed by atoms with Gasteiger partial charge in [-0.25, -0.2) is 0 Å². The van der Waals surface area contributed by atoms with E-state index >= 15 is 0 Å². The number of hydrogen-bond acceptors (Lipinski definition) is 7. The Hall–Kier alpha value is -3.56. The van der Waals surface area contributed by atoms with Crippen molar-refractivity contribution < 1.29 is 14.5 Å². The molecule has 8 nitrogen and oxygen atoms in total. The maximum absolute atomic E-state index is 14.3. The number of ketones is 1. The molecule has 2 saturated heterocycles. The van der Waals surface area contributed by atoms with Gasteiger partial charge in [0.2, 0.25) is 5.91 Å². The molecule has 0 saturated carbocycles. The number of hydrogen-bond donors (Lipinski definition) is 1. The van der Waals surface area contributed by atoms with E-state index in [1.54, 1.807) is 42.2 Å². The van der Waals surface area contributed by atoms with Crippen LogP contribution in [-0.2, 0) is 10.3 Å². The molecular weight excluding hydrogens is 464 g/mol. The van der Waals surface area contributed by atoms with Crippen LogP contribution in [0.2, 0.25) is 0 Å². The maximum atomic E-state index is 14.3. The van der Waals surface area contributed by atoms with E-state index in [1.165, 1.54) is 12.3 Å². The van der Waals surface area contributed by atoms with Gasteiger partial charge in [0.1, 0.15) is 5.54 Å². The number of amides is 1. The van der Waals surface area contributed by atoms with Gasteiger partial charge in [0, 0.05) is 64.9 Å². The zero-order chi connectivity index (χ0) is 24.3. The number of nitrogens with one attached hydrogen (secondary N) is 1. The number of thioether (sulfide) groups is 1. The number of pyridine rings is 1. The van der Waals surface area contributed by atoms with Gasteiger partial charge >= 0.3 is 0 Å². The van der Waals surface area contributed by atoms with Gasteiger partial charge in [-0.2, -0.15) is 0 Å². The highest BCUT2D eigenvalue weighted by molar-refractivity contribution is 7.99. The van der Waals surface area contributed by atoms with Crippen LogP contribution in [0.15, 0.2) is 67.0 Å². The van der Waals surface area contributed by atoms with E-state index in [1.807, 2.05) is 31.2 Å². The van der Waals surface area contributed by atoms with E-state index in [-0.39, 0.29) is 23.4 Å². The summed E-state index contributed by atoms with van der Waals surface area (Å²) in [5.41, 5.74) is 2.39. The highest BCUT2D eigenvalue weighted by Crippen LogP contribution is 2.61. The molecule has 2 fully saturated rings. The van der Waals surface area contributed by atoms with Crippen molar-refractivity contribution in [1.29, 1.82) is 0 Å². The number of rotatable bonds is 4. The molecule has 0 radical (unpaired) electrons. The van der Waals surface area contributed by atoms with Gasteiger partial charge in [-0.1, -0.05) is 29.8 Å². The van der Waals surface area contributed by atoms with Gasteiger partial charge in [-0.05, 0) is 30.7 Å². The van der Waals surface area contributed by atoms with Crippen molar-refractivity contribution in [1.82, 2.24) is 9.88 Å². The normalized spacial score (nSPS) is 27.0. The van der Waals surface area contributed by atoms with E-state index in [0.29, 0.717) is 22.7 Å². The highest BCUT2D eigenvalue weighted by Gasteiger charge is 2.69. The number of anilines is 1. The van der Waals surface area contributed by atoms with Crippen LogP contribution >= 0.6 is 11.8 Å². The topological polar surface area (TPSA) is 105 Å². The van der Waals surface area contributed by atoms with Crippen LogP contribution in [0.25, 0.3) is 0 Å². The number of non-ortho nitro benzene ring substituents is 1. The number of carbonyl (C=O) groups is 2. The smallest absolute Gasteiger partial charge is 0.269 e. The van der Waals surface area contributed by atoms with Crippen LogP contribution in [0.5, 0.6) is 0 Å². The fraction of sp³-hybridized carbons (Fsp3) is 0.269. The van der Waals surface area contributed by atoms with Crippen LogP contribution in [0, 0.1) is 23.0 Å². The zero-order valence-electron chi connectivity index (χ0n) is 18.9. The Bertz CT molecular complexity index is 1380. The first-order valence-corrected chi connectivity index (χ1v) is 12.5. The number of nitro groups is 1. The Morgan fingerprint density at radius 3 is 2.86 bits per heavy atom. The molecule has 0 aliphatic carbocycles. The standard InChI is InChI=1S/C26H22N4O4S/c1-15-7-8-20-19(10-15)26(25(32)28-20)23(24(31)17-5-3-9-27-12-17)22(21-13-35-14-29(21)26)16-4-2-6-18(11-16)30(33)34/h2-12,21-23H,13-14H2,1H3,(H,28,32)/t21-,22-,23-,26-/m1/s1. The van der Waals surface area contributed by atoms with E-state index in [2.05, 4.69) is 15.2 Å². The average Bonchev–Trinajstić information content (AvgIpc) is 3.52. The summed E-state index contributed by atoms with van der Waals surface area (Å²) < 4.78 is 0. The average molecular weight is 487 g/mol. The highest BCUT2D eigenvalue weighted by atomic mass is 32.2. The molecule has 2 aromatic carbocycles. The van der Waals surface area contributed by atoms with Crippen molar-refractivity contribution in [3.8, 4) is 0 Å². The van der Waals surface area contributed by atoms with Crippen LogP contribution < -0.4 is 5.32 Å². The Balaban J connectivity index is 1.63. The fourth-order valence-corrected chi connectivity index (χ4v) is 7.42. The summed E-state index contributed by atoms with van der Waals surface area (Å²) in [6.07, 6.45) is 3.14. The number of aryl methyl sites for hydroxylation is 1. The third kappa shape index (κ3) is 3.08. The molecule has 35 heavy (non-hydrogen) atoms. The summed E-state index contributed by atoms with van der Waals surface area (Å²) in [5.74, 6) is -0.273. The molecule has 3 aromatic rings. The van der Waals surface area contributed by atoms with Gasteiger partial charge in [0.15, 0.2) is 5.78 Å². The fourth-order valence-electron chi connectivity index (χ4n) is 6.10. The molecule has 4 heterocycles. The van der Waals surface area contributed by atoms with Gasteiger partial charge in [-0.3, -0.25) is 29.6 Å². The summed E-state index contributed by atoms with van der Waals surface area (Å²) in [4.78, 5) is 45.7. The Labute approximate surface area is 205 Å². The molecule has 176 valence electrons. The van der Waals surface area contributed by atoms with Crippen molar-refractivity contribution in [2.24, 2.45) is 5.92 Å². The third-order valence-corrected chi connectivity index (χ3v) is 8.51. The van der Waals surface area contributed by atoms with Gasteiger partial charge in [0.25, 0.3) is 5.69 Å². The quantitative estimate of drug-likeness (QED) is 0.336. The molecule has 1 spiro atoms. The molecule has 0 bridgehead atoms. The van der Waals surface area contributed by atoms with E-state index in [4.69, 9.17) is 0 Å². The summed E-state index contributed by atoms with van der Waals surface area (Å²) in [6.45, 7) is 1.97. The van der Waals surface area contributed by atoms with Crippen LogP contribution in [-0.4, -0.2) is 44.2 Å². The van der Waals surface area contributed by atoms with E-state index in [0.717, 1.165) is 16.9 Å². The lowest BCUT2D eigenvalue weighted by atomic mass is 9.69. The lowest BCUT2D eigenvalue weighted by Crippen LogP contribution is -2.52. The number of fused-ring (bicyclic) bond motifs is 4. The first-order valence-electron chi connectivity index (χ1n) is 11.4. The Morgan fingerprint density at radius 2 is 2.09 bits per heavy atom. The van der Waals surface area contributed by atoms with Crippen LogP contribution in [0.4, 0.5) is 11.4 Å². The second-order valence-electron chi connectivity index (χ2n) is 9.27. The van der Waals surface area contributed by atoms with E-state index in [9.17, 15) is 19.7 Å². The van der Waals surface area contributed by atoms with Crippen molar-refractivity contribution in [3.63, 3.8) is 0 Å². The molecule has 9 heteroatoms. The van der Waals surface area contributed by atoms with Gasteiger partial charge < -0.3 is 5.32 Å². The van der Waals surface area contributed by atoms with Crippen molar-refractivity contribution >= 4 is 34.8 Å². The van der Waals surface area contributed by atoms with Crippen molar-refractivity contribution in [2.75, 3.05) is 16.9 Å². The Kier molecular flexibility index (Phi) is 5.01. The number of Topliss-reactive ketones (excluding diaryl/α,β-unsaturated/α-hetero) is 1. The second kappa shape index (κ2) is 8.00. The predicted octanol–water partition coefficient (Wildman–Crippen LogP) is 4.12. The first-order chi connectivity index (χ1) is 16.9. The number of carbonyl (C=O) groups excluding carboxylic acids is 2. The zero-order valence-corrected chi connectivity index (χ0v) is 19.7. The van der Waals surface area contributed by atoms with Crippen LogP contribution in [0.1, 0.15) is 33.0 Å². The summed E-state index contributed by atoms with van der Waals surface area (Å²) in [7, 11) is 0. The summed E-state index contributed by atoms with van der Waals surface area (Å²) in [5, 5.41) is 14.6. The molecule has 0 unspecified atom stereocenters. The lowest BCUT2D eigenvalue weighted by molar-refractivity contribution is -0.384. The summed E-state index contributed by atoms with van der Waals surface area (Å²) >= 11 is 1.71. The van der Waals surface area contributed by atoms with Gasteiger partial charge in [-0.15, -0.1) is 11.8 Å². The number of nitro benzene ring substituents is 1. The minimum absolute atomic E-state index is 0.0275. The molecule has 1 N–H and O–H groups in total. The number of aromatic nitrogens is 1. The predicted molar refractivity (Wildman–Crippen MR) is 132 cm³/mol. The largest absolute Gasteiger partial charge is 0.324 e. The molecule has 3 aliphatic heterocycles. The van der Waals surface area contributed by atoms with E-state index < -0.39 is 22.3 Å². The monoisotopic (exact) mass is 486 g/mol. The molecular formula is C26H22N4O4S. The van der Waals surface area contributed by atoms with Gasteiger partial charge in [0.05, 0.1) is 10.8 Å². The maximum Gasteiger partial charge on any atom is 0.269 e. The minimum atomic E-state index is -1.21. The molecule has 6 rings (SSSR count). The lowest BCUT2D eigenvalue weighted by Gasteiger charge is -2.36. The third-order valence-electron chi connectivity index (χ3n) is 7.47. The summed E-state index contributed by atoms with van der Waals surface area (Å²) in [6, 6.07) is 15.6. The first kappa shape index (κ1) is 21.9. The second-order valence-corrected chi connectivity index (χ2v) is 10.3. The van der Waals surface area contributed by atoms with Crippen molar-refractivity contribution in [2.45, 2.75) is 24.4 Å². The van der Waals surface area contributed by atoms with Crippen LogP contribution in [0.3, 0.4) is 0 Å². The molecule has 1 amide bonds. The Morgan fingerprint density at radius 1 is 1.23 bits per heavy atom. The number of benzene rings is 2. The SMILES string of the molecule is Cc1ccc2c(c1)[C@]1(C(=O)N2)[C@@H](C(=O)c2cccnc2)[C@H](c2cccc([N+](=O)[O-])c2)[C@H]2CSCN21. The minimum Gasteiger partial charge on any atom is -0.324 e. The molecule has 4 atom stereocenters. The molecule has 3 aliphatic rings. The number of nitrogens with zero attached hydrogens (tertiary/aromatic N) is 3.